The zero-order valence-electron chi connectivity index (χ0n) is 20.5. The highest BCUT2D eigenvalue weighted by Gasteiger charge is 2.41. The molecule has 0 amide bonds. The Balaban J connectivity index is 0.000000317. The number of rotatable bonds is 5. The van der Waals surface area contributed by atoms with Crippen LogP contribution in [0.2, 0.25) is 0 Å². The molecule has 0 saturated carbocycles. The van der Waals surface area contributed by atoms with Crippen molar-refractivity contribution in [2.75, 3.05) is 18.1 Å². The number of carbonyl (C=O) groups is 2. The summed E-state index contributed by atoms with van der Waals surface area (Å²) in [6.45, 7) is 4.18. The van der Waals surface area contributed by atoms with Gasteiger partial charge in [-0.15, -0.1) is 5.10 Å². The molecule has 0 spiro atoms. The molecular formula is C23H26F6N4O6. The summed E-state index contributed by atoms with van der Waals surface area (Å²) >= 11 is 0. The zero-order chi connectivity index (χ0) is 29.2. The summed E-state index contributed by atoms with van der Waals surface area (Å²) in [5.41, 5.74) is 2.05. The lowest BCUT2D eigenvalue weighted by atomic mass is 9.99. The lowest BCUT2D eigenvalue weighted by molar-refractivity contribution is -0.193. The Hall–Kier alpha value is -3.53. The molecule has 4 heterocycles. The summed E-state index contributed by atoms with van der Waals surface area (Å²) in [6.07, 6.45) is -2.93. The average molecular weight is 568 g/mol. The highest BCUT2D eigenvalue weighted by molar-refractivity contribution is 5.73. The second-order valence-electron chi connectivity index (χ2n) is 8.44. The maximum Gasteiger partial charge on any atom is 0.490 e. The number of pyridine rings is 1. The number of fused-ring (bicyclic) bond motifs is 1. The van der Waals surface area contributed by atoms with Crippen molar-refractivity contribution in [3.8, 4) is 0 Å². The van der Waals surface area contributed by atoms with E-state index in [9.17, 15) is 26.3 Å². The third-order valence-electron chi connectivity index (χ3n) is 5.49. The molecule has 2 aliphatic heterocycles. The molecule has 2 aliphatic rings. The third kappa shape index (κ3) is 10.6. The van der Waals surface area contributed by atoms with Gasteiger partial charge in [0.25, 0.3) is 0 Å². The van der Waals surface area contributed by atoms with Crippen molar-refractivity contribution in [3.05, 3.63) is 47.9 Å². The number of alkyl halides is 6. The molecule has 2 aromatic rings. The lowest BCUT2D eigenvalue weighted by Gasteiger charge is -2.36. The van der Waals surface area contributed by atoms with Crippen LogP contribution in [0.4, 0.5) is 32.2 Å². The fraction of sp³-hybridized carbons (Fsp3) is 0.522. The van der Waals surface area contributed by atoms with E-state index in [0.717, 1.165) is 42.9 Å². The first-order valence-electron chi connectivity index (χ1n) is 11.5. The second-order valence-corrected chi connectivity index (χ2v) is 8.44. The van der Waals surface area contributed by atoms with Crippen molar-refractivity contribution in [2.24, 2.45) is 0 Å². The Labute approximate surface area is 218 Å². The van der Waals surface area contributed by atoms with Crippen molar-refractivity contribution < 1.29 is 55.6 Å². The Morgan fingerprint density at radius 2 is 1.67 bits per heavy atom. The Morgan fingerprint density at radius 1 is 1.03 bits per heavy atom. The molecule has 216 valence electrons. The van der Waals surface area contributed by atoms with E-state index in [1.807, 2.05) is 31.3 Å². The fourth-order valence-electron chi connectivity index (χ4n) is 3.74. The van der Waals surface area contributed by atoms with Gasteiger partial charge in [-0.3, -0.25) is 4.98 Å². The molecule has 0 radical (unpaired) electrons. The van der Waals surface area contributed by atoms with Gasteiger partial charge in [0.2, 0.25) is 0 Å². The van der Waals surface area contributed by atoms with E-state index in [-0.39, 0.29) is 12.2 Å². The van der Waals surface area contributed by atoms with E-state index in [1.165, 1.54) is 0 Å². The van der Waals surface area contributed by atoms with Crippen LogP contribution in [0.3, 0.4) is 0 Å². The predicted molar refractivity (Wildman–Crippen MR) is 122 cm³/mol. The molecule has 2 N–H and O–H groups in total. The zero-order valence-corrected chi connectivity index (χ0v) is 20.5. The van der Waals surface area contributed by atoms with Crippen molar-refractivity contribution in [3.63, 3.8) is 0 Å². The number of ether oxygens (including phenoxy) is 2. The smallest absolute Gasteiger partial charge is 0.475 e. The van der Waals surface area contributed by atoms with E-state index < -0.39 is 24.3 Å². The molecule has 2 aromatic heterocycles. The first-order chi connectivity index (χ1) is 18.2. The minimum Gasteiger partial charge on any atom is -0.475 e. The summed E-state index contributed by atoms with van der Waals surface area (Å²) < 4.78 is 75.6. The van der Waals surface area contributed by atoms with Gasteiger partial charge in [-0.1, -0.05) is 6.07 Å². The van der Waals surface area contributed by atoms with Gasteiger partial charge in [-0.05, 0) is 49.9 Å². The van der Waals surface area contributed by atoms with Crippen LogP contribution in [-0.4, -0.2) is 81.1 Å². The monoisotopic (exact) mass is 568 g/mol. The number of carboxylic acid groups (broad SMARTS) is 2. The normalized spacial score (nSPS) is 20.6. The van der Waals surface area contributed by atoms with Gasteiger partial charge < -0.3 is 24.6 Å². The van der Waals surface area contributed by atoms with Gasteiger partial charge in [0.15, 0.2) is 5.82 Å². The van der Waals surface area contributed by atoms with Crippen LogP contribution in [0.5, 0.6) is 0 Å². The topological polar surface area (TPSA) is 135 Å². The number of hydrogen-bond acceptors (Lipinski definition) is 8. The van der Waals surface area contributed by atoms with Crippen molar-refractivity contribution in [1.82, 2.24) is 15.2 Å². The Kier molecular flexibility index (Phi) is 11.4. The number of aryl methyl sites for hydroxylation is 1. The lowest BCUT2D eigenvalue weighted by Crippen LogP contribution is -2.44. The van der Waals surface area contributed by atoms with Crippen LogP contribution >= 0.6 is 0 Å². The first kappa shape index (κ1) is 31.7. The van der Waals surface area contributed by atoms with Gasteiger partial charge in [0, 0.05) is 18.9 Å². The summed E-state index contributed by atoms with van der Waals surface area (Å²) in [5, 5.41) is 22.8. The number of anilines is 1. The molecule has 10 nitrogen and oxygen atoms in total. The van der Waals surface area contributed by atoms with Crippen LogP contribution in [0.1, 0.15) is 30.5 Å². The van der Waals surface area contributed by atoms with Crippen LogP contribution < -0.4 is 4.90 Å². The molecule has 39 heavy (non-hydrogen) atoms. The third-order valence-corrected chi connectivity index (χ3v) is 5.49. The average Bonchev–Trinajstić information content (AvgIpc) is 3.28. The van der Waals surface area contributed by atoms with Crippen molar-refractivity contribution >= 4 is 17.8 Å². The van der Waals surface area contributed by atoms with E-state index in [4.69, 9.17) is 29.3 Å². The summed E-state index contributed by atoms with van der Waals surface area (Å²) in [4.78, 5) is 24.3. The molecule has 0 bridgehead atoms. The number of hydrogen-bond donors (Lipinski definition) is 2. The molecule has 2 saturated heterocycles. The Bertz CT molecular complexity index is 1030. The van der Waals surface area contributed by atoms with Crippen LogP contribution in [0.15, 0.2) is 36.7 Å². The number of aliphatic carboxylic acids is 2. The second kappa shape index (κ2) is 14.0. The largest absolute Gasteiger partial charge is 0.490 e. The van der Waals surface area contributed by atoms with Crippen LogP contribution in [0, 0.1) is 6.92 Å². The summed E-state index contributed by atoms with van der Waals surface area (Å²) in [7, 11) is 0. The number of aromatic nitrogens is 3. The summed E-state index contributed by atoms with van der Waals surface area (Å²) in [6, 6.07) is 8.46. The molecule has 0 aromatic carbocycles. The fourth-order valence-corrected chi connectivity index (χ4v) is 3.74. The molecule has 4 rings (SSSR count). The molecule has 2 fully saturated rings. The van der Waals surface area contributed by atoms with E-state index in [1.54, 1.807) is 6.20 Å². The van der Waals surface area contributed by atoms with E-state index in [0.29, 0.717) is 19.3 Å². The molecule has 0 aliphatic carbocycles. The van der Waals surface area contributed by atoms with Crippen molar-refractivity contribution in [1.29, 1.82) is 0 Å². The minimum absolute atomic E-state index is 0.182. The van der Waals surface area contributed by atoms with Crippen LogP contribution in [0.25, 0.3) is 0 Å². The van der Waals surface area contributed by atoms with Crippen molar-refractivity contribution in [2.45, 2.75) is 63.4 Å². The summed E-state index contributed by atoms with van der Waals surface area (Å²) in [5.74, 6) is -4.55. The minimum atomic E-state index is -5.08. The van der Waals surface area contributed by atoms with Gasteiger partial charge >= 0.3 is 24.3 Å². The van der Waals surface area contributed by atoms with E-state index in [2.05, 4.69) is 26.1 Å². The molecule has 3 atom stereocenters. The predicted octanol–water partition coefficient (Wildman–Crippen LogP) is 3.79. The number of carboxylic acids is 2. The molecular weight excluding hydrogens is 542 g/mol. The standard InChI is InChI=1S/C19H24N4O2.2C2HF3O2/c1-14-4-7-19(22-21-14)23-10-8-18-17(23)6-5-16(25-18)13-24-12-15-3-2-9-20-11-15;2*3-2(4,5)1(6)7/h2-4,7,9,11,16-18H,5-6,8,10,12-13H2,1H3;2*(H,6,7)/t16-,17+,18+;;/m1../s1. The van der Waals surface area contributed by atoms with Gasteiger partial charge in [-0.2, -0.15) is 31.4 Å². The SMILES string of the molecule is Cc1ccc(N2CC[C@@H]3O[C@@H](COCc4cccnc4)CC[C@@H]32)nn1.O=C(O)C(F)(F)F.O=C(O)C(F)(F)F. The first-order valence-corrected chi connectivity index (χ1v) is 11.5. The van der Waals surface area contributed by atoms with Crippen LogP contribution in [-0.2, 0) is 25.7 Å². The van der Waals surface area contributed by atoms with Gasteiger partial charge in [0.1, 0.15) is 0 Å². The van der Waals surface area contributed by atoms with Gasteiger partial charge in [0.05, 0.1) is 37.2 Å². The maximum absolute atomic E-state index is 10.6. The highest BCUT2D eigenvalue weighted by Crippen LogP contribution is 2.34. The van der Waals surface area contributed by atoms with E-state index >= 15 is 0 Å². The number of halogens is 6. The highest BCUT2D eigenvalue weighted by atomic mass is 19.4. The molecule has 0 unspecified atom stereocenters. The number of nitrogens with zero attached hydrogens (tertiary/aromatic N) is 4. The quantitative estimate of drug-likeness (QED) is 0.513. The molecule has 16 heteroatoms. The van der Waals surface area contributed by atoms with Gasteiger partial charge in [-0.25, -0.2) is 9.59 Å². The Morgan fingerprint density at radius 3 is 2.18 bits per heavy atom. The maximum atomic E-state index is 10.6.